The van der Waals surface area contributed by atoms with Crippen LogP contribution < -0.4 is 5.32 Å². The van der Waals surface area contributed by atoms with Crippen molar-refractivity contribution < 1.29 is 9.18 Å². The maximum Gasteiger partial charge on any atom is 0.276 e. The summed E-state index contributed by atoms with van der Waals surface area (Å²) in [7, 11) is 0. The van der Waals surface area contributed by atoms with Crippen molar-refractivity contribution in [2.75, 3.05) is 5.32 Å². The van der Waals surface area contributed by atoms with E-state index in [4.69, 9.17) is 0 Å². The Bertz CT molecular complexity index is 563. The molecule has 0 aliphatic rings. The Labute approximate surface area is 97.9 Å². The molecule has 0 saturated carbocycles. The van der Waals surface area contributed by atoms with E-state index in [-0.39, 0.29) is 11.7 Å². The van der Waals surface area contributed by atoms with Crippen molar-refractivity contribution in [1.82, 2.24) is 10.2 Å². The Kier molecular flexibility index (Phi) is 2.91. The molecule has 0 saturated heterocycles. The van der Waals surface area contributed by atoms with Crippen molar-refractivity contribution in [2.24, 2.45) is 0 Å². The molecule has 0 unspecified atom stereocenters. The normalized spacial score (nSPS) is 10.3. The van der Waals surface area contributed by atoms with Gasteiger partial charge in [0.1, 0.15) is 5.82 Å². The standard InChI is InChI=1S/C12H12FN3O/c1-7-5-9(13)3-4-10(7)14-12(17)11-6-8(2)15-16-11/h3-6H,1-2H3,(H,14,17)(H,15,16). The molecule has 0 atom stereocenters. The number of hydrogen-bond acceptors (Lipinski definition) is 2. The lowest BCUT2D eigenvalue weighted by Gasteiger charge is -2.06. The second-order valence-corrected chi connectivity index (χ2v) is 3.85. The predicted molar refractivity (Wildman–Crippen MR) is 62.4 cm³/mol. The van der Waals surface area contributed by atoms with Gasteiger partial charge in [-0.05, 0) is 43.7 Å². The lowest BCUT2D eigenvalue weighted by atomic mass is 10.2. The molecule has 0 spiro atoms. The van der Waals surface area contributed by atoms with Gasteiger partial charge in [0, 0.05) is 11.4 Å². The summed E-state index contributed by atoms with van der Waals surface area (Å²) in [5, 5.41) is 9.22. The number of carbonyl (C=O) groups is 1. The highest BCUT2D eigenvalue weighted by atomic mass is 19.1. The van der Waals surface area contributed by atoms with Crippen LogP contribution in [0.25, 0.3) is 0 Å². The minimum absolute atomic E-state index is 0.311. The maximum atomic E-state index is 12.9. The Morgan fingerprint density at radius 3 is 2.71 bits per heavy atom. The summed E-state index contributed by atoms with van der Waals surface area (Å²) in [5.74, 6) is -0.639. The third kappa shape index (κ3) is 2.50. The molecule has 2 aromatic rings. The lowest BCUT2D eigenvalue weighted by Crippen LogP contribution is -2.13. The highest BCUT2D eigenvalue weighted by molar-refractivity contribution is 6.03. The molecule has 88 valence electrons. The quantitative estimate of drug-likeness (QED) is 0.836. The second kappa shape index (κ2) is 4.37. The van der Waals surface area contributed by atoms with Crippen LogP contribution in [0.15, 0.2) is 24.3 Å². The number of nitrogens with one attached hydrogen (secondary N) is 2. The molecule has 1 heterocycles. The van der Waals surface area contributed by atoms with Crippen LogP contribution in [-0.2, 0) is 0 Å². The van der Waals surface area contributed by atoms with Gasteiger partial charge >= 0.3 is 0 Å². The molecule has 1 aromatic carbocycles. The summed E-state index contributed by atoms with van der Waals surface area (Å²) in [6.07, 6.45) is 0. The maximum absolute atomic E-state index is 12.9. The monoisotopic (exact) mass is 233 g/mol. The summed E-state index contributed by atoms with van der Waals surface area (Å²) < 4.78 is 12.9. The predicted octanol–water partition coefficient (Wildman–Crippen LogP) is 2.42. The van der Waals surface area contributed by atoms with Gasteiger partial charge in [-0.25, -0.2) is 4.39 Å². The molecule has 2 N–H and O–H groups in total. The second-order valence-electron chi connectivity index (χ2n) is 3.85. The van der Waals surface area contributed by atoms with Gasteiger partial charge in [-0.15, -0.1) is 0 Å². The minimum atomic E-state index is -0.323. The van der Waals surface area contributed by atoms with Crippen LogP contribution in [0.3, 0.4) is 0 Å². The summed E-state index contributed by atoms with van der Waals surface area (Å²) in [4.78, 5) is 11.8. The van der Waals surface area contributed by atoms with E-state index in [1.54, 1.807) is 13.0 Å². The Hall–Kier alpha value is -2.17. The summed E-state index contributed by atoms with van der Waals surface area (Å²) in [6, 6.07) is 5.85. The van der Waals surface area contributed by atoms with E-state index in [0.29, 0.717) is 16.9 Å². The minimum Gasteiger partial charge on any atom is -0.320 e. The molecule has 4 nitrogen and oxygen atoms in total. The lowest BCUT2D eigenvalue weighted by molar-refractivity contribution is 0.102. The van der Waals surface area contributed by atoms with Gasteiger partial charge in [0.25, 0.3) is 5.91 Å². The third-order valence-electron chi connectivity index (χ3n) is 2.38. The van der Waals surface area contributed by atoms with E-state index in [0.717, 1.165) is 5.69 Å². The molecular weight excluding hydrogens is 221 g/mol. The topological polar surface area (TPSA) is 57.8 Å². The van der Waals surface area contributed by atoms with Gasteiger partial charge < -0.3 is 5.32 Å². The van der Waals surface area contributed by atoms with E-state index in [2.05, 4.69) is 15.5 Å². The molecule has 5 heteroatoms. The van der Waals surface area contributed by atoms with E-state index >= 15 is 0 Å². The van der Waals surface area contributed by atoms with Gasteiger partial charge in [-0.2, -0.15) is 5.10 Å². The fraction of sp³-hybridized carbons (Fsp3) is 0.167. The molecule has 2 rings (SSSR count). The van der Waals surface area contributed by atoms with Crippen LogP contribution >= 0.6 is 0 Å². The molecule has 0 bridgehead atoms. The number of rotatable bonds is 2. The van der Waals surface area contributed by atoms with Crippen LogP contribution in [0.2, 0.25) is 0 Å². The Morgan fingerprint density at radius 1 is 1.35 bits per heavy atom. The van der Waals surface area contributed by atoms with Crippen molar-refractivity contribution in [3.05, 3.63) is 47.0 Å². The van der Waals surface area contributed by atoms with E-state index in [1.165, 1.54) is 18.2 Å². The zero-order chi connectivity index (χ0) is 12.4. The first-order chi connectivity index (χ1) is 8.06. The molecule has 0 aliphatic carbocycles. The molecule has 0 aliphatic heterocycles. The fourth-order valence-corrected chi connectivity index (χ4v) is 1.49. The first kappa shape index (κ1) is 11.3. The van der Waals surface area contributed by atoms with E-state index in [9.17, 15) is 9.18 Å². The highest BCUT2D eigenvalue weighted by Gasteiger charge is 2.10. The van der Waals surface area contributed by atoms with Crippen LogP contribution in [0.4, 0.5) is 10.1 Å². The van der Waals surface area contributed by atoms with Crippen LogP contribution in [0.1, 0.15) is 21.7 Å². The summed E-state index contributed by atoms with van der Waals surface area (Å²) in [6.45, 7) is 3.54. The fourth-order valence-electron chi connectivity index (χ4n) is 1.49. The number of nitrogens with zero attached hydrogens (tertiary/aromatic N) is 1. The number of amides is 1. The number of carbonyl (C=O) groups excluding carboxylic acids is 1. The zero-order valence-corrected chi connectivity index (χ0v) is 9.54. The van der Waals surface area contributed by atoms with Gasteiger partial charge in [0.15, 0.2) is 5.69 Å². The van der Waals surface area contributed by atoms with Crippen molar-refractivity contribution in [1.29, 1.82) is 0 Å². The van der Waals surface area contributed by atoms with Gasteiger partial charge in [-0.1, -0.05) is 0 Å². The summed E-state index contributed by atoms with van der Waals surface area (Å²) in [5.41, 5.74) is 2.37. The number of halogens is 1. The Balaban J connectivity index is 2.18. The Morgan fingerprint density at radius 2 is 2.12 bits per heavy atom. The largest absolute Gasteiger partial charge is 0.320 e. The number of aromatic nitrogens is 2. The van der Waals surface area contributed by atoms with E-state index in [1.807, 2.05) is 6.92 Å². The number of benzene rings is 1. The number of hydrogen-bond donors (Lipinski definition) is 2. The van der Waals surface area contributed by atoms with Crippen LogP contribution in [0.5, 0.6) is 0 Å². The molecule has 0 fully saturated rings. The molecule has 0 radical (unpaired) electrons. The molecule has 1 amide bonds. The SMILES string of the molecule is Cc1cc(C(=O)Nc2ccc(F)cc2C)n[nH]1. The highest BCUT2D eigenvalue weighted by Crippen LogP contribution is 2.16. The smallest absolute Gasteiger partial charge is 0.276 e. The molecule has 1 aromatic heterocycles. The van der Waals surface area contributed by atoms with Gasteiger partial charge in [-0.3, -0.25) is 9.89 Å². The first-order valence-corrected chi connectivity index (χ1v) is 5.16. The van der Waals surface area contributed by atoms with Gasteiger partial charge in [0.05, 0.1) is 0 Å². The third-order valence-corrected chi connectivity index (χ3v) is 2.38. The average Bonchev–Trinajstić information content (AvgIpc) is 2.69. The average molecular weight is 233 g/mol. The van der Waals surface area contributed by atoms with Crippen LogP contribution in [-0.4, -0.2) is 16.1 Å². The number of anilines is 1. The number of aromatic amines is 1. The first-order valence-electron chi connectivity index (χ1n) is 5.16. The number of aryl methyl sites for hydroxylation is 2. The molecular formula is C12H12FN3O. The zero-order valence-electron chi connectivity index (χ0n) is 9.54. The van der Waals surface area contributed by atoms with Crippen molar-refractivity contribution in [3.8, 4) is 0 Å². The molecule has 17 heavy (non-hydrogen) atoms. The van der Waals surface area contributed by atoms with Gasteiger partial charge in [0.2, 0.25) is 0 Å². The van der Waals surface area contributed by atoms with Crippen molar-refractivity contribution in [3.63, 3.8) is 0 Å². The van der Waals surface area contributed by atoms with Crippen LogP contribution in [0, 0.1) is 19.7 Å². The van der Waals surface area contributed by atoms with E-state index < -0.39 is 0 Å². The van der Waals surface area contributed by atoms with Crippen molar-refractivity contribution in [2.45, 2.75) is 13.8 Å². The number of H-pyrrole nitrogens is 1. The van der Waals surface area contributed by atoms with Crippen molar-refractivity contribution >= 4 is 11.6 Å². The summed E-state index contributed by atoms with van der Waals surface area (Å²) >= 11 is 0.